The van der Waals surface area contributed by atoms with Crippen LogP contribution >= 0.6 is 0 Å². The predicted molar refractivity (Wildman–Crippen MR) is 162 cm³/mol. The zero-order valence-electron chi connectivity index (χ0n) is 24.0. The van der Waals surface area contributed by atoms with E-state index in [0.717, 1.165) is 48.2 Å². The molecule has 1 N–H and O–H groups in total. The van der Waals surface area contributed by atoms with Crippen LogP contribution in [0.4, 0.5) is 9.18 Å². The van der Waals surface area contributed by atoms with E-state index in [0.29, 0.717) is 13.2 Å². The van der Waals surface area contributed by atoms with Crippen LogP contribution in [0.25, 0.3) is 0 Å². The molecule has 1 unspecified atom stereocenters. The summed E-state index contributed by atoms with van der Waals surface area (Å²) in [5.74, 6) is -0.253. The number of hydrogen-bond acceptors (Lipinski definition) is 4. The van der Waals surface area contributed by atoms with Crippen LogP contribution in [0.3, 0.4) is 0 Å². The molecule has 0 aliphatic carbocycles. The monoisotopic (exact) mass is 567 g/mol. The number of benzene rings is 4. The van der Waals surface area contributed by atoms with Gasteiger partial charge in [0.25, 0.3) is 0 Å². The van der Waals surface area contributed by atoms with E-state index < -0.39 is 12.0 Å². The fourth-order valence-electron chi connectivity index (χ4n) is 5.16. The van der Waals surface area contributed by atoms with E-state index in [9.17, 15) is 9.18 Å². The van der Waals surface area contributed by atoms with Crippen molar-refractivity contribution in [3.63, 3.8) is 0 Å². The zero-order valence-corrected chi connectivity index (χ0v) is 24.0. The van der Waals surface area contributed by atoms with Crippen LogP contribution in [-0.4, -0.2) is 42.0 Å². The Morgan fingerprint density at radius 2 is 1.45 bits per heavy atom. The van der Waals surface area contributed by atoms with Gasteiger partial charge in [-0.05, 0) is 61.8 Å². The predicted octanol–water partition coefficient (Wildman–Crippen LogP) is 6.93. The van der Waals surface area contributed by atoms with Gasteiger partial charge in [-0.3, -0.25) is 0 Å². The number of hydrogen-bond donors (Lipinski definition) is 1. The molecule has 6 nitrogen and oxygen atoms in total. The van der Waals surface area contributed by atoms with Crippen molar-refractivity contribution in [1.29, 1.82) is 0 Å². The second-order valence-corrected chi connectivity index (χ2v) is 10.7. The number of piperidine rings is 1. The number of nitrogens with one attached hydrogen (secondary N) is 1. The van der Waals surface area contributed by atoms with Gasteiger partial charge in [0.15, 0.2) is 17.8 Å². The molecular formula is C35H38FN3O3. The highest BCUT2D eigenvalue weighted by Gasteiger charge is 2.29. The van der Waals surface area contributed by atoms with Gasteiger partial charge in [0.2, 0.25) is 0 Å². The first kappa shape index (κ1) is 29.3. The first-order chi connectivity index (χ1) is 20.5. The molecule has 42 heavy (non-hydrogen) atoms. The summed E-state index contributed by atoms with van der Waals surface area (Å²) >= 11 is 0. The van der Waals surface area contributed by atoms with E-state index in [-0.39, 0.29) is 24.4 Å². The highest BCUT2D eigenvalue weighted by molar-refractivity contribution is 5.75. The van der Waals surface area contributed by atoms with Crippen molar-refractivity contribution < 1.29 is 18.7 Å². The molecule has 218 valence electrons. The molecule has 1 atom stereocenters. The Morgan fingerprint density at radius 3 is 2.10 bits per heavy atom. The molecule has 5 rings (SSSR count). The van der Waals surface area contributed by atoms with Crippen LogP contribution in [0, 0.1) is 5.82 Å². The highest BCUT2D eigenvalue weighted by atomic mass is 19.1. The van der Waals surface area contributed by atoms with E-state index in [4.69, 9.17) is 9.47 Å². The molecule has 0 radical (unpaired) electrons. The van der Waals surface area contributed by atoms with E-state index in [1.54, 1.807) is 12.1 Å². The number of nitrogens with zero attached hydrogens (tertiary/aromatic N) is 2. The van der Waals surface area contributed by atoms with Gasteiger partial charge in [-0.25, -0.2) is 9.18 Å². The number of urea groups is 1. The third-order valence-corrected chi connectivity index (χ3v) is 7.59. The number of carbonyl (C=O) groups is 1. The van der Waals surface area contributed by atoms with Gasteiger partial charge < -0.3 is 24.6 Å². The topological polar surface area (TPSA) is 54.0 Å². The maximum absolute atomic E-state index is 14.7. The summed E-state index contributed by atoms with van der Waals surface area (Å²) in [6, 6.07) is 33.9. The van der Waals surface area contributed by atoms with Crippen LogP contribution in [-0.2, 0) is 24.5 Å². The molecule has 4 aromatic rings. The molecule has 7 heteroatoms. The maximum Gasteiger partial charge on any atom is 0.320 e. The lowest BCUT2D eigenvalue weighted by atomic mass is 10.0. The van der Waals surface area contributed by atoms with Crippen molar-refractivity contribution in [1.82, 2.24) is 15.1 Å². The van der Waals surface area contributed by atoms with Crippen molar-refractivity contribution in [2.75, 3.05) is 20.1 Å². The van der Waals surface area contributed by atoms with Gasteiger partial charge in [-0.1, -0.05) is 97.1 Å². The molecular weight excluding hydrogens is 529 g/mol. The smallest absolute Gasteiger partial charge is 0.320 e. The highest BCUT2D eigenvalue weighted by Crippen LogP contribution is 2.25. The summed E-state index contributed by atoms with van der Waals surface area (Å²) in [6.07, 6.45) is 1.07. The zero-order chi connectivity index (χ0) is 29.1. The van der Waals surface area contributed by atoms with Gasteiger partial charge >= 0.3 is 6.03 Å². The summed E-state index contributed by atoms with van der Waals surface area (Å²) in [4.78, 5) is 18.1. The Labute approximate surface area is 247 Å². The molecule has 0 bridgehead atoms. The molecule has 1 heterocycles. The minimum Gasteiger partial charge on any atom is -0.486 e. The number of likely N-dealkylation sites (tertiary alicyclic amines) is 1. The van der Waals surface area contributed by atoms with Crippen LogP contribution in [0.15, 0.2) is 109 Å². The van der Waals surface area contributed by atoms with Crippen LogP contribution in [0.2, 0.25) is 0 Å². The SMILES string of the molecule is CN1CCC(N(Cc2ccc(F)c(OCc3ccccc3)c2)C(=O)NC(OCc2ccccc2)c2ccccc2)CC1. The summed E-state index contributed by atoms with van der Waals surface area (Å²) in [6.45, 7) is 2.74. The van der Waals surface area contributed by atoms with Crippen molar-refractivity contribution in [3.8, 4) is 5.75 Å². The third kappa shape index (κ3) is 8.18. The number of ether oxygens (including phenoxy) is 2. The first-order valence-corrected chi connectivity index (χ1v) is 14.5. The van der Waals surface area contributed by atoms with Crippen molar-refractivity contribution in [2.45, 2.75) is 44.9 Å². The Morgan fingerprint density at radius 1 is 0.857 bits per heavy atom. The second-order valence-electron chi connectivity index (χ2n) is 10.7. The number of carbonyl (C=O) groups excluding carboxylic acids is 1. The third-order valence-electron chi connectivity index (χ3n) is 7.59. The minimum absolute atomic E-state index is 0.0329. The van der Waals surface area contributed by atoms with E-state index in [1.807, 2.05) is 95.9 Å². The van der Waals surface area contributed by atoms with Crippen LogP contribution < -0.4 is 10.1 Å². The molecule has 1 aliphatic heterocycles. The lowest BCUT2D eigenvalue weighted by molar-refractivity contribution is 0.0167. The number of rotatable bonds is 11. The summed E-state index contributed by atoms with van der Waals surface area (Å²) in [7, 11) is 2.10. The molecule has 1 saturated heterocycles. The normalized spacial score (nSPS) is 14.7. The van der Waals surface area contributed by atoms with Gasteiger partial charge in [-0.15, -0.1) is 0 Å². The van der Waals surface area contributed by atoms with Crippen molar-refractivity contribution >= 4 is 6.03 Å². The average molecular weight is 568 g/mol. The van der Waals surface area contributed by atoms with Crippen LogP contribution in [0.1, 0.15) is 41.3 Å². The van der Waals surface area contributed by atoms with Crippen molar-refractivity contribution in [3.05, 3.63) is 137 Å². The standard InChI is InChI=1S/C35H38FN3O3/c1-38-21-19-31(20-22-38)39(24-29-17-18-32(36)33(23-29)41-25-27-11-5-2-6-12-27)35(40)37-34(30-15-9-4-10-16-30)42-26-28-13-7-3-8-14-28/h2-18,23,31,34H,19-22,24-26H2,1H3,(H,37,40). The molecule has 1 aliphatic rings. The quantitative estimate of drug-likeness (QED) is 0.200. The van der Waals surface area contributed by atoms with Gasteiger partial charge in [-0.2, -0.15) is 0 Å². The van der Waals surface area contributed by atoms with E-state index in [2.05, 4.69) is 17.3 Å². The first-order valence-electron chi connectivity index (χ1n) is 14.5. The molecule has 2 amide bonds. The van der Waals surface area contributed by atoms with Gasteiger partial charge in [0, 0.05) is 18.2 Å². The van der Waals surface area contributed by atoms with Crippen molar-refractivity contribution in [2.24, 2.45) is 0 Å². The molecule has 0 saturated carbocycles. The lowest BCUT2D eigenvalue weighted by Crippen LogP contribution is -2.50. The average Bonchev–Trinajstić information content (AvgIpc) is 3.04. The molecule has 4 aromatic carbocycles. The van der Waals surface area contributed by atoms with E-state index >= 15 is 0 Å². The number of halogens is 1. The Balaban J connectivity index is 1.34. The summed E-state index contributed by atoms with van der Waals surface area (Å²) in [5.41, 5.74) is 3.64. The van der Waals surface area contributed by atoms with E-state index in [1.165, 1.54) is 6.07 Å². The largest absolute Gasteiger partial charge is 0.486 e. The molecule has 0 aromatic heterocycles. The Kier molecular flexibility index (Phi) is 10.2. The maximum atomic E-state index is 14.7. The molecule has 0 spiro atoms. The van der Waals surface area contributed by atoms with Gasteiger partial charge in [0.1, 0.15) is 6.61 Å². The Bertz CT molecular complexity index is 1400. The van der Waals surface area contributed by atoms with Crippen LogP contribution in [0.5, 0.6) is 5.75 Å². The molecule has 1 fully saturated rings. The Hall–Kier alpha value is -4.20. The fraction of sp³-hybridized carbons (Fsp3) is 0.286. The second kappa shape index (κ2) is 14.6. The summed E-state index contributed by atoms with van der Waals surface area (Å²) in [5, 5.41) is 3.15. The fourth-order valence-corrected chi connectivity index (χ4v) is 5.16. The lowest BCUT2D eigenvalue weighted by Gasteiger charge is -2.38. The summed E-state index contributed by atoms with van der Waals surface area (Å²) < 4.78 is 26.8. The minimum atomic E-state index is -0.634. The van der Waals surface area contributed by atoms with Gasteiger partial charge in [0.05, 0.1) is 6.61 Å². The number of amides is 2.